The lowest BCUT2D eigenvalue weighted by Crippen LogP contribution is -2.36. The van der Waals surface area contributed by atoms with Crippen LogP contribution in [-0.4, -0.2) is 28.0 Å². The Morgan fingerprint density at radius 3 is 1.88 bits per heavy atom. The van der Waals surface area contributed by atoms with Crippen LogP contribution in [0.1, 0.15) is 13.3 Å². The second kappa shape index (κ2) is 3.80. The van der Waals surface area contributed by atoms with E-state index >= 15 is 0 Å². The van der Waals surface area contributed by atoms with Crippen LogP contribution in [0, 0.1) is 0 Å². The van der Waals surface area contributed by atoms with Crippen LogP contribution in [0.2, 0.25) is 0 Å². The molecule has 0 aromatic rings. The topological polar surface area (TPSA) is 98.0 Å². The van der Waals surface area contributed by atoms with E-state index in [1.807, 2.05) is 0 Å². The lowest BCUT2D eigenvalue weighted by Gasteiger charge is -2.15. The third-order valence-electron chi connectivity index (χ3n) is 0.893. The Hall–Kier alpha value is -0.160. The van der Waals surface area contributed by atoms with Crippen molar-refractivity contribution in [2.24, 2.45) is 5.73 Å². The molecule has 0 unspecified atom stereocenters. The first-order valence-electron chi connectivity index (χ1n) is 2.27. The molecule has 0 saturated carbocycles. The predicted molar refractivity (Wildman–Crippen MR) is 30.1 cm³/mol. The highest BCUT2D eigenvalue weighted by atomic mass is 16.5. The summed E-state index contributed by atoms with van der Waals surface area (Å²) in [6.07, 6.45) is 0.281. The van der Waals surface area contributed by atoms with Gasteiger partial charge in [-0.2, -0.15) is 0 Å². The summed E-state index contributed by atoms with van der Waals surface area (Å²) in [5.74, 6) is -1.64. The SMILES string of the molecule is CCC(O)(O)CN.O. The third kappa shape index (κ3) is 4.01. The summed E-state index contributed by atoms with van der Waals surface area (Å²) < 4.78 is 0. The van der Waals surface area contributed by atoms with Gasteiger partial charge in [-0.3, -0.25) is 0 Å². The molecule has 0 aromatic heterocycles. The maximum absolute atomic E-state index is 8.56. The lowest BCUT2D eigenvalue weighted by atomic mass is 10.2. The van der Waals surface area contributed by atoms with Crippen LogP contribution in [0.3, 0.4) is 0 Å². The Morgan fingerprint density at radius 1 is 1.50 bits per heavy atom. The Kier molecular flexibility index (Phi) is 5.10. The summed E-state index contributed by atoms with van der Waals surface area (Å²) in [6.45, 7) is 1.57. The summed E-state index contributed by atoms with van der Waals surface area (Å²) in [4.78, 5) is 0. The maximum Gasteiger partial charge on any atom is 0.174 e. The lowest BCUT2D eigenvalue weighted by molar-refractivity contribution is -0.153. The normalized spacial score (nSPS) is 10.5. The molecule has 52 valence electrons. The molecule has 6 N–H and O–H groups in total. The van der Waals surface area contributed by atoms with Crippen molar-refractivity contribution in [1.82, 2.24) is 0 Å². The zero-order valence-corrected chi connectivity index (χ0v) is 4.89. The first-order valence-corrected chi connectivity index (χ1v) is 2.27. The molecule has 0 amide bonds. The van der Waals surface area contributed by atoms with Gasteiger partial charge in [-0.25, -0.2) is 0 Å². The number of hydrogen-bond acceptors (Lipinski definition) is 3. The van der Waals surface area contributed by atoms with Crippen LogP contribution in [-0.2, 0) is 0 Å². The van der Waals surface area contributed by atoms with Gasteiger partial charge in [0.15, 0.2) is 5.79 Å². The second-order valence-electron chi connectivity index (χ2n) is 1.54. The molecule has 0 fully saturated rings. The second-order valence-corrected chi connectivity index (χ2v) is 1.54. The van der Waals surface area contributed by atoms with E-state index in [4.69, 9.17) is 15.9 Å². The van der Waals surface area contributed by atoms with Crippen molar-refractivity contribution in [2.45, 2.75) is 19.1 Å². The van der Waals surface area contributed by atoms with E-state index in [1.165, 1.54) is 0 Å². The molecule has 0 atom stereocenters. The molecule has 4 heteroatoms. The van der Waals surface area contributed by atoms with Crippen LogP contribution >= 0.6 is 0 Å². The van der Waals surface area contributed by atoms with Crippen molar-refractivity contribution in [3.05, 3.63) is 0 Å². The molecule has 0 bridgehead atoms. The molecule has 4 nitrogen and oxygen atoms in total. The van der Waals surface area contributed by atoms with E-state index in [1.54, 1.807) is 6.92 Å². The number of nitrogens with two attached hydrogens (primary N) is 1. The van der Waals surface area contributed by atoms with Crippen molar-refractivity contribution in [3.63, 3.8) is 0 Å². The first kappa shape index (κ1) is 10.8. The van der Waals surface area contributed by atoms with E-state index < -0.39 is 5.79 Å². The highest BCUT2D eigenvalue weighted by Crippen LogP contribution is 1.99. The fourth-order valence-corrected chi connectivity index (χ4v) is 0.144. The Labute approximate surface area is 48.2 Å². The van der Waals surface area contributed by atoms with Gasteiger partial charge in [0.2, 0.25) is 0 Å². The molecule has 0 rings (SSSR count). The summed E-state index contributed by atoms with van der Waals surface area (Å²) in [6, 6.07) is 0. The molecule has 8 heavy (non-hydrogen) atoms. The van der Waals surface area contributed by atoms with Gasteiger partial charge in [0.1, 0.15) is 0 Å². The van der Waals surface area contributed by atoms with Crippen molar-refractivity contribution in [1.29, 1.82) is 0 Å². The van der Waals surface area contributed by atoms with E-state index in [-0.39, 0.29) is 18.4 Å². The molecule has 0 aliphatic carbocycles. The zero-order valence-electron chi connectivity index (χ0n) is 4.89. The molecule has 0 aliphatic heterocycles. The van der Waals surface area contributed by atoms with Gasteiger partial charge in [-0.05, 0) is 6.42 Å². The summed E-state index contributed by atoms with van der Waals surface area (Å²) >= 11 is 0. The molecule has 0 radical (unpaired) electrons. The summed E-state index contributed by atoms with van der Waals surface area (Å²) in [5.41, 5.74) is 4.92. The maximum atomic E-state index is 8.56. The first-order chi connectivity index (χ1) is 3.12. The Balaban J connectivity index is 0. The molecule has 0 aromatic carbocycles. The highest BCUT2D eigenvalue weighted by molar-refractivity contribution is 4.59. The van der Waals surface area contributed by atoms with Crippen molar-refractivity contribution < 1.29 is 15.7 Å². The average molecular weight is 123 g/mol. The van der Waals surface area contributed by atoms with Gasteiger partial charge >= 0.3 is 0 Å². The van der Waals surface area contributed by atoms with Crippen LogP contribution in [0.5, 0.6) is 0 Å². The molecule has 0 aliphatic rings. The van der Waals surface area contributed by atoms with Crippen molar-refractivity contribution in [3.8, 4) is 0 Å². The highest BCUT2D eigenvalue weighted by Gasteiger charge is 2.15. The smallest absolute Gasteiger partial charge is 0.174 e. The van der Waals surface area contributed by atoms with E-state index in [9.17, 15) is 0 Å². The molecular formula is C4H13NO3. The molecular weight excluding hydrogens is 110 g/mol. The minimum atomic E-state index is -1.64. The Bertz CT molecular complexity index is 49.2. The van der Waals surface area contributed by atoms with Crippen molar-refractivity contribution >= 4 is 0 Å². The van der Waals surface area contributed by atoms with Crippen LogP contribution < -0.4 is 5.73 Å². The number of aliphatic hydroxyl groups is 2. The van der Waals surface area contributed by atoms with E-state index in [2.05, 4.69) is 0 Å². The van der Waals surface area contributed by atoms with Gasteiger partial charge < -0.3 is 21.4 Å². The van der Waals surface area contributed by atoms with Gasteiger partial charge in [0.05, 0.1) is 0 Å². The van der Waals surface area contributed by atoms with Crippen LogP contribution in [0.15, 0.2) is 0 Å². The van der Waals surface area contributed by atoms with Gasteiger partial charge in [0.25, 0.3) is 0 Å². The summed E-state index contributed by atoms with van der Waals surface area (Å²) in [5, 5.41) is 17.1. The van der Waals surface area contributed by atoms with Crippen molar-refractivity contribution in [2.75, 3.05) is 6.54 Å². The number of hydrogen-bond donors (Lipinski definition) is 3. The Morgan fingerprint density at radius 2 is 1.88 bits per heavy atom. The van der Waals surface area contributed by atoms with Gasteiger partial charge in [-0.1, -0.05) is 6.92 Å². The fourth-order valence-electron chi connectivity index (χ4n) is 0.144. The minimum absolute atomic E-state index is 0. The number of rotatable bonds is 2. The largest absolute Gasteiger partial charge is 0.412 e. The van der Waals surface area contributed by atoms with Crippen LogP contribution in [0.4, 0.5) is 0 Å². The minimum Gasteiger partial charge on any atom is -0.412 e. The molecule has 0 heterocycles. The van der Waals surface area contributed by atoms with E-state index in [0.29, 0.717) is 0 Å². The van der Waals surface area contributed by atoms with Crippen LogP contribution in [0.25, 0.3) is 0 Å². The zero-order chi connectivity index (χ0) is 5.91. The molecule has 0 saturated heterocycles. The summed E-state index contributed by atoms with van der Waals surface area (Å²) in [7, 11) is 0. The standard InChI is InChI=1S/C4H11NO2.H2O/c1-2-4(6,7)3-5;/h6-7H,2-3,5H2,1H3;1H2. The average Bonchev–Trinajstić information content (AvgIpc) is 1.68. The molecule has 0 spiro atoms. The predicted octanol–water partition coefficient (Wildman–Crippen LogP) is -1.79. The van der Waals surface area contributed by atoms with E-state index in [0.717, 1.165) is 0 Å². The fraction of sp³-hybridized carbons (Fsp3) is 1.00. The third-order valence-corrected chi connectivity index (χ3v) is 0.893. The van der Waals surface area contributed by atoms with Gasteiger partial charge in [-0.15, -0.1) is 0 Å². The monoisotopic (exact) mass is 123 g/mol. The quantitative estimate of drug-likeness (QED) is 0.378. The van der Waals surface area contributed by atoms with Gasteiger partial charge in [0, 0.05) is 6.54 Å².